The zero-order chi connectivity index (χ0) is 19.3. The summed E-state index contributed by atoms with van der Waals surface area (Å²) >= 11 is 0. The van der Waals surface area contributed by atoms with Gasteiger partial charge in [-0.05, 0) is 61.7 Å². The van der Waals surface area contributed by atoms with E-state index < -0.39 is 10.0 Å². The van der Waals surface area contributed by atoms with Crippen LogP contribution in [0.15, 0.2) is 36.4 Å². The van der Waals surface area contributed by atoms with E-state index in [-0.39, 0.29) is 5.91 Å². The summed E-state index contributed by atoms with van der Waals surface area (Å²) in [7, 11) is -3.42. The van der Waals surface area contributed by atoms with Crippen LogP contribution in [0.2, 0.25) is 0 Å². The molecule has 2 rings (SSSR count). The summed E-state index contributed by atoms with van der Waals surface area (Å²) in [4.78, 5) is 12.5. The molecule has 2 N–H and O–H groups in total. The lowest BCUT2D eigenvalue weighted by Crippen LogP contribution is -2.15. The molecule has 0 spiro atoms. The Morgan fingerprint density at radius 1 is 1.04 bits per heavy atom. The fourth-order valence-electron chi connectivity index (χ4n) is 2.35. The number of carbonyl (C=O) groups excluding carboxylic acids is 1. The van der Waals surface area contributed by atoms with Crippen LogP contribution < -0.4 is 14.8 Å². The largest absolute Gasteiger partial charge is 0.494 e. The first kappa shape index (κ1) is 19.8. The van der Waals surface area contributed by atoms with Gasteiger partial charge in [0.1, 0.15) is 5.75 Å². The Morgan fingerprint density at radius 3 is 2.38 bits per heavy atom. The minimum Gasteiger partial charge on any atom is -0.494 e. The van der Waals surface area contributed by atoms with E-state index >= 15 is 0 Å². The van der Waals surface area contributed by atoms with Gasteiger partial charge in [-0.2, -0.15) is 0 Å². The molecule has 0 atom stereocenters. The molecule has 0 aliphatic rings. The third-order valence-corrected chi connectivity index (χ3v) is 4.30. The molecule has 0 aliphatic carbocycles. The van der Waals surface area contributed by atoms with Crippen molar-refractivity contribution in [3.8, 4) is 5.75 Å². The molecule has 0 unspecified atom stereocenters. The Hall–Kier alpha value is -2.54. The molecule has 6 nitrogen and oxygen atoms in total. The number of benzene rings is 2. The number of hydrogen-bond donors (Lipinski definition) is 2. The Bertz CT molecular complexity index is 908. The normalized spacial score (nSPS) is 11.1. The first-order valence-corrected chi connectivity index (χ1v) is 10.2. The Kier molecular flexibility index (Phi) is 6.26. The molecule has 2 aromatic carbocycles. The molecule has 0 aliphatic heterocycles. The van der Waals surface area contributed by atoms with Crippen molar-refractivity contribution in [1.29, 1.82) is 0 Å². The number of amides is 1. The lowest BCUT2D eigenvalue weighted by Gasteiger charge is -2.13. The molecule has 0 bridgehead atoms. The zero-order valence-electron chi connectivity index (χ0n) is 15.4. The first-order valence-electron chi connectivity index (χ1n) is 8.33. The highest BCUT2D eigenvalue weighted by molar-refractivity contribution is 7.92. The molecule has 7 heteroatoms. The van der Waals surface area contributed by atoms with Crippen LogP contribution in [0.5, 0.6) is 5.75 Å². The van der Waals surface area contributed by atoms with Gasteiger partial charge in [0, 0.05) is 11.3 Å². The predicted molar refractivity (Wildman–Crippen MR) is 105 cm³/mol. The number of hydrogen-bond acceptors (Lipinski definition) is 4. The summed E-state index contributed by atoms with van der Waals surface area (Å²) in [5, 5.41) is 2.85. The number of sulfonamides is 1. The minimum absolute atomic E-state index is 0.313. The third kappa shape index (κ3) is 5.49. The summed E-state index contributed by atoms with van der Waals surface area (Å²) in [6.07, 6.45) is 2.00. The van der Waals surface area contributed by atoms with E-state index in [0.29, 0.717) is 23.5 Å². The molecular weight excluding hydrogens is 352 g/mol. The van der Waals surface area contributed by atoms with Crippen molar-refractivity contribution < 1.29 is 17.9 Å². The maximum Gasteiger partial charge on any atom is 0.255 e. The number of ether oxygens (including phenoxy) is 1. The average Bonchev–Trinajstić information content (AvgIpc) is 2.55. The van der Waals surface area contributed by atoms with Gasteiger partial charge in [0.25, 0.3) is 5.91 Å². The molecule has 2 aromatic rings. The maximum atomic E-state index is 12.5. The van der Waals surface area contributed by atoms with Gasteiger partial charge in [0.2, 0.25) is 10.0 Å². The minimum atomic E-state index is -3.42. The van der Waals surface area contributed by atoms with Crippen LogP contribution in [0.1, 0.15) is 34.8 Å². The average molecular weight is 376 g/mol. The quantitative estimate of drug-likeness (QED) is 0.771. The third-order valence-electron chi connectivity index (χ3n) is 3.71. The SMILES string of the molecule is CCCOc1ccc(NC(=O)c2ccc(C)c(NS(C)(=O)=O)c2)c(C)c1. The molecule has 1 amide bonds. The van der Waals surface area contributed by atoms with Crippen molar-refractivity contribution in [1.82, 2.24) is 0 Å². The topological polar surface area (TPSA) is 84.5 Å². The van der Waals surface area contributed by atoms with Crippen LogP contribution >= 0.6 is 0 Å². The second-order valence-electron chi connectivity index (χ2n) is 6.18. The van der Waals surface area contributed by atoms with E-state index in [1.54, 1.807) is 25.1 Å². The van der Waals surface area contributed by atoms with Crippen LogP contribution in [-0.4, -0.2) is 27.2 Å². The lowest BCUT2D eigenvalue weighted by molar-refractivity contribution is 0.102. The van der Waals surface area contributed by atoms with Crippen LogP contribution in [0.25, 0.3) is 0 Å². The number of rotatable bonds is 7. The van der Waals surface area contributed by atoms with Gasteiger partial charge in [-0.3, -0.25) is 9.52 Å². The van der Waals surface area contributed by atoms with Crippen LogP contribution in [0.3, 0.4) is 0 Å². The van der Waals surface area contributed by atoms with Crippen molar-refractivity contribution in [3.63, 3.8) is 0 Å². The summed E-state index contributed by atoms with van der Waals surface area (Å²) in [5.41, 5.74) is 3.05. The van der Waals surface area contributed by atoms with Crippen molar-refractivity contribution in [2.45, 2.75) is 27.2 Å². The van der Waals surface area contributed by atoms with E-state index in [9.17, 15) is 13.2 Å². The summed E-state index contributed by atoms with van der Waals surface area (Å²) < 4.78 is 30.9. The number of anilines is 2. The van der Waals surface area contributed by atoms with Gasteiger partial charge in [-0.15, -0.1) is 0 Å². The highest BCUT2D eigenvalue weighted by Crippen LogP contribution is 2.23. The smallest absolute Gasteiger partial charge is 0.255 e. The van der Waals surface area contributed by atoms with Crippen molar-refractivity contribution >= 4 is 27.3 Å². The number of carbonyl (C=O) groups is 1. The Labute approximate surface area is 154 Å². The Balaban J connectivity index is 2.18. The standard InChI is InChI=1S/C19H24N2O4S/c1-5-10-25-16-8-9-17(14(3)11-16)20-19(22)15-7-6-13(2)18(12-15)21-26(4,23)24/h6-9,11-12,21H,5,10H2,1-4H3,(H,20,22). The zero-order valence-corrected chi connectivity index (χ0v) is 16.2. The van der Waals surface area contributed by atoms with Crippen molar-refractivity contribution in [2.75, 3.05) is 22.9 Å². The van der Waals surface area contributed by atoms with E-state index in [0.717, 1.165) is 29.6 Å². The predicted octanol–water partition coefficient (Wildman–Crippen LogP) is 3.72. The van der Waals surface area contributed by atoms with E-state index in [1.165, 1.54) is 6.07 Å². The highest BCUT2D eigenvalue weighted by atomic mass is 32.2. The lowest BCUT2D eigenvalue weighted by atomic mass is 10.1. The van der Waals surface area contributed by atoms with Crippen LogP contribution in [0, 0.1) is 13.8 Å². The summed E-state index contributed by atoms with van der Waals surface area (Å²) in [6, 6.07) is 10.4. The van der Waals surface area contributed by atoms with E-state index in [2.05, 4.69) is 10.0 Å². The van der Waals surface area contributed by atoms with Gasteiger partial charge >= 0.3 is 0 Å². The Morgan fingerprint density at radius 2 is 1.77 bits per heavy atom. The van der Waals surface area contributed by atoms with E-state index in [1.807, 2.05) is 26.0 Å². The van der Waals surface area contributed by atoms with Gasteiger partial charge < -0.3 is 10.1 Å². The molecule has 0 saturated carbocycles. The maximum absolute atomic E-state index is 12.5. The van der Waals surface area contributed by atoms with Crippen molar-refractivity contribution in [2.24, 2.45) is 0 Å². The van der Waals surface area contributed by atoms with Gasteiger partial charge in [-0.25, -0.2) is 8.42 Å². The number of aryl methyl sites for hydroxylation is 2. The number of nitrogens with one attached hydrogen (secondary N) is 2. The fraction of sp³-hybridized carbons (Fsp3) is 0.316. The summed E-state index contributed by atoms with van der Waals surface area (Å²) in [6.45, 7) is 6.34. The van der Waals surface area contributed by atoms with Crippen LogP contribution in [-0.2, 0) is 10.0 Å². The molecule has 0 radical (unpaired) electrons. The molecule has 0 saturated heterocycles. The summed E-state index contributed by atoms with van der Waals surface area (Å²) in [5.74, 6) is 0.448. The highest BCUT2D eigenvalue weighted by Gasteiger charge is 2.12. The second-order valence-corrected chi connectivity index (χ2v) is 7.93. The molecule has 140 valence electrons. The fourth-order valence-corrected chi connectivity index (χ4v) is 2.97. The van der Waals surface area contributed by atoms with E-state index in [4.69, 9.17) is 4.74 Å². The molecule has 0 fully saturated rings. The monoisotopic (exact) mass is 376 g/mol. The molecule has 0 aromatic heterocycles. The van der Waals surface area contributed by atoms with Gasteiger partial charge in [0.15, 0.2) is 0 Å². The van der Waals surface area contributed by atoms with Crippen LogP contribution in [0.4, 0.5) is 11.4 Å². The molecule has 0 heterocycles. The van der Waals surface area contributed by atoms with Crippen molar-refractivity contribution in [3.05, 3.63) is 53.1 Å². The second kappa shape index (κ2) is 8.23. The van der Waals surface area contributed by atoms with Gasteiger partial charge in [-0.1, -0.05) is 13.0 Å². The molecular formula is C19H24N2O4S. The molecule has 26 heavy (non-hydrogen) atoms. The first-order chi connectivity index (χ1) is 12.2. The van der Waals surface area contributed by atoms with Gasteiger partial charge in [0.05, 0.1) is 18.6 Å².